The van der Waals surface area contributed by atoms with Gasteiger partial charge in [-0.25, -0.2) is 0 Å². The average molecular weight is 424 g/mol. The van der Waals surface area contributed by atoms with Crippen molar-refractivity contribution < 1.29 is 14.3 Å². The van der Waals surface area contributed by atoms with E-state index in [9.17, 15) is 4.79 Å². The zero-order valence-electron chi connectivity index (χ0n) is 13.7. The number of carbonyl (C=O) groups excluding carboxylic acids is 1. The first-order valence-corrected chi connectivity index (χ1v) is 9.63. The fraction of sp³-hybridized carbons (Fsp3) is 0.353. The first kappa shape index (κ1) is 18.0. The Bertz CT molecular complexity index is 772. The van der Waals surface area contributed by atoms with Crippen molar-refractivity contribution in [3.8, 4) is 5.75 Å². The second-order valence-electron chi connectivity index (χ2n) is 5.38. The predicted molar refractivity (Wildman–Crippen MR) is 101 cm³/mol. The van der Waals surface area contributed by atoms with Crippen molar-refractivity contribution in [2.75, 3.05) is 18.5 Å². The van der Waals surface area contributed by atoms with E-state index in [0.717, 1.165) is 40.2 Å². The van der Waals surface area contributed by atoms with Gasteiger partial charge in [0.1, 0.15) is 16.9 Å². The van der Waals surface area contributed by atoms with E-state index in [1.165, 1.54) is 17.4 Å². The smallest absolute Gasteiger partial charge is 0.250 e. The number of hydrogen-bond acceptors (Lipinski definition) is 6. The molecule has 0 radical (unpaired) electrons. The second-order valence-corrected chi connectivity index (χ2v) is 7.31. The van der Waals surface area contributed by atoms with Crippen molar-refractivity contribution in [3.63, 3.8) is 0 Å². The maximum atomic E-state index is 12.1. The van der Waals surface area contributed by atoms with Crippen LogP contribution in [0, 0.1) is 0 Å². The number of benzene rings is 1. The zero-order chi connectivity index (χ0) is 17.6. The number of halogens is 1. The summed E-state index contributed by atoms with van der Waals surface area (Å²) in [7, 11) is 0. The van der Waals surface area contributed by atoms with Crippen LogP contribution in [0.4, 0.5) is 5.13 Å². The zero-order valence-corrected chi connectivity index (χ0v) is 16.1. The summed E-state index contributed by atoms with van der Waals surface area (Å²) >= 11 is 4.77. The van der Waals surface area contributed by atoms with E-state index in [4.69, 9.17) is 9.47 Å². The van der Waals surface area contributed by atoms with Crippen molar-refractivity contribution >= 4 is 44.4 Å². The van der Waals surface area contributed by atoms with Gasteiger partial charge in [-0.05, 0) is 44.0 Å². The molecule has 2 heterocycles. The molecule has 6 nitrogen and oxygen atoms in total. The summed E-state index contributed by atoms with van der Waals surface area (Å²) in [6.07, 6.45) is 5.16. The lowest BCUT2D eigenvalue weighted by molar-refractivity contribution is -0.111. The average Bonchev–Trinajstić information content (AvgIpc) is 3.26. The van der Waals surface area contributed by atoms with E-state index in [1.54, 1.807) is 6.08 Å². The first-order chi connectivity index (χ1) is 12.2. The highest BCUT2D eigenvalue weighted by Crippen LogP contribution is 2.32. The van der Waals surface area contributed by atoms with Gasteiger partial charge in [0.2, 0.25) is 11.0 Å². The van der Waals surface area contributed by atoms with Gasteiger partial charge in [-0.2, -0.15) is 0 Å². The minimum atomic E-state index is -0.266. The molecule has 3 rings (SSSR count). The van der Waals surface area contributed by atoms with Crippen LogP contribution in [0.1, 0.15) is 36.4 Å². The SMILES string of the molecule is CCOc1ccc(Br)cc1/C=C/C(=O)Nc1nnc([C@H]2CCCO2)s1. The molecular formula is C17H18BrN3O3S. The molecule has 1 aromatic carbocycles. The Hall–Kier alpha value is -1.77. The number of rotatable bonds is 6. The molecule has 1 aliphatic heterocycles. The van der Waals surface area contributed by atoms with E-state index in [2.05, 4.69) is 31.4 Å². The Morgan fingerprint density at radius 3 is 3.16 bits per heavy atom. The highest BCUT2D eigenvalue weighted by Gasteiger charge is 2.22. The van der Waals surface area contributed by atoms with Gasteiger partial charge in [0.05, 0.1) is 6.61 Å². The molecular weight excluding hydrogens is 406 g/mol. The number of anilines is 1. The van der Waals surface area contributed by atoms with Crippen LogP contribution in [-0.4, -0.2) is 29.3 Å². The molecule has 1 aliphatic rings. The van der Waals surface area contributed by atoms with Crippen molar-refractivity contribution in [2.24, 2.45) is 0 Å². The van der Waals surface area contributed by atoms with Gasteiger partial charge in [-0.1, -0.05) is 27.3 Å². The molecule has 1 amide bonds. The number of hydrogen-bond donors (Lipinski definition) is 1. The topological polar surface area (TPSA) is 73.3 Å². The van der Waals surface area contributed by atoms with Crippen LogP contribution in [0.15, 0.2) is 28.7 Å². The quantitative estimate of drug-likeness (QED) is 0.704. The molecule has 1 N–H and O–H groups in total. The first-order valence-electron chi connectivity index (χ1n) is 8.02. The molecule has 132 valence electrons. The van der Waals surface area contributed by atoms with Gasteiger partial charge in [0, 0.05) is 22.7 Å². The number of amides is 1. The summed E-state index contributed by atoms with van der Waals surface area (Å²) in [4.78, 5) is 12.1. The van der Waals surface area contributed by atoms with Crippen molar-refractivity contribution in [1.29, 1.82) is 0 Å². The molecule has 1 saturated heterocycles. The Labute approximate surface area is 158 Å². The highest BCUT2D eigenvalue weighted by molar-refractivity contribution is 9.10. The fourth-order valence-electron chi connectivity index (χ4n) is 2.44. The van der Waals surface area contributed by atoms with E-state index in [-0.39, 0.29) is 12.0 Å². The van der Waals surface area contributed by atoms with Crippen LogP contribution < -0.4 is 10.1 Å². The molecule has 1 fully saturated rings. The van der Waals surface area contributed by atoms with Gasteiger partial charge in [0.15, 0.2) is 0 Å². The summed E-state index contributed by atoms with van der Waals surface area (Å²) in [6.45, 7) is 3.23. The molecule has 0 saturated carbocycles. The van der Waals surface area contributed by atoms with Crippen LogP contribution in [0.2, 0.25) is 0 Å². The second kappa shape index (κ2) is 8.55. The van der Waals surface area contributed by atoms with Gasteiger partial charge in [-0.3, -0.25) is 10.1 Å². The Morgan fingerprint density at radius 1 is 1.52 bits per heavy atom. The number of ether oxygens (including phenoxy) is 2. The van der Waals surface area contributed by atoms with Gasteiger partial charge >= 0.3 is 0 Å². The third-order valence-electron chi connectivity index (χ3n) is 3.56. The molecule has 1 atom stereocenters. The third kappa shape index (κ3) is 4.87. The maximum Gasteiger partial charge on any atom is 0.250 e. The minimum Gasteiger partial charge on any atom is -0.493 e. The normalized spacial score (nSPS) is 17.1. The molecule has 2 aromatic rings. The van der Waals surface area contributed by atoms with Crippen LogP contribution in [0.5, 0.6) is 5.75 Å². The van der Waals surface area contributed by atoms with Crippen molar-refractivity contribution in [2.45, 2.75) is 25.9 Å². The van der Waals surface area contributed by atoms with Crippen LogP contribution in [0.25, 0.3) is 6.08 Å². The predicted octanol–water partition coefficient (Wildman–Crippen LogP) is 4.20. The molecule has 0 spiro atoms. The summed E-state index contributed by atoms with van der Waals surface area (Å²) in [6, 6.07) is 5.66. The molecule has 0 aliphatic carbocycles. The lowest BCUT2D eigenvalue weighted by atomic mass is 10.2. The lowest BCUT2D eigenvalue weighted by Crippen LogP contribution is -2.07. The van der Waals surface area contributed by atoms with E-state index in [1.807, 2.05) is 25.1 Å². The molecule has 1 aromatic heterocycles. The molecule has 8 heteroatoms. The monoisotopic (exact) mass is 423 g/mol. The van der Waals surface area contributed by atoms with E-state index in [0.29, 0.717) is 11.7 Å². The summed E-state index contributed by atoms with van der Waals surface area (Å²) in [5, 5.41) is 12.1. The maximum absolute atomic E-state index is 12.1. The Kier molecular flexibility index (Phi) is 6.17. The largest absolute Gasteiger partial charge is 0.493 e. The van der Waals surface area contributed by atoms with Crippen molar-refractivity contribution in [3.05, 3.63) is 39.3 Å². The number of nitrogens with one attached hydrogen (secondary N) is 1. The van der Waals surface area contributed by atoms with Gasteiger partial charge in [-0.15, -0.1) is 10.2 Å². The minimum absolute atomic E-state index is 0.00844. The molecule has 0 unspecified atom stereocenters. The van der Waals surface area contributed by atoms with Gasteiger partial charge < -0.3 is 9.47 Å². The Balaban J connectivity index is 1.64. The molecule has 0 bridgehead atoms. The standard InChI is InChI=1S/C17H18BrN3O3S/c1-2-23-13-7-6-12(18)10-11(13)5-8-15(22)19-17-21-20-16(25-17)14-4-3-9-24-14/h5-8,10,14H,2-4,9H2,1H3,(H,19,21,22)/b8-5+/t14-/m1/s1. The van der Waals surface area contributed by atoms with E-state index < -0.39 is 0 Å². The third-order valence-corrected chi connectivity index (χ3v) is 4.99. The fourth-order valence-corrected chi connectivity index (χ4v) is 3.65. The summed E-state index contributed by atoms with van der Waals surface area (Å²) in [5.74, 6) is 0.462. The number of nitrogens with zero attached hydrogens (tertiary/aromatic N) is 2. The Morgan fingerprint density at radius 2 is 2.40 bits per heavy atom. The molecule has 25 heavy (non-hydrogen) atoms. The summed E-state index contributed by atoms with van der Waals surface area (Å²) in [5.41, 5.74) is 0.823. The lowest BCUT2D eigenvalue weighted by Gasteiger charge is -2.07. The van der Waals surface area contributed by atoms with Crippen LogP contribution in [-0.2, 0) is 9.53 Å². The summed E-state index contributed by atoms with van der Waals surface area (Å²) < 4.78 is 12.1. The van der Waals surface area contributed by atoms with Gasteiger partial charge in [0.25, 0.3) is 0 Å². The van der Waals surface area contributed by atoms with Crippen LogP contribution in [0.3, 0.4) is 0 Å². The number of carbonyl (C=O) groups is 1. The highest BCUT2D eigenvalue weighted by atomic mass is 79.9. The van der Waals surface area contributed by atoms with E-state index >= 15 is 0 Å². The van der Waals surface area contributed by atoms with Crippen LogP contribution >= 0.6 is 27.3 Å². The van der Waals surface area contributed by atoms with Crippen molar-refractivity contribution in [1.82, 2.24) is 10.2 Å². The number of aromatic nitrogens is 2.